The van der Waals surface area contributed by atoms with E-state index >= 15 is 0 Å². The van der Waals surface area contributed by atoms with E-state index in [4.69, 9.17) is 4.42 Å². The first-order valence-electron chi connectivity index (χ1n) is 8.75. The highest BCUT2D eigenvalue weighted by molar-refractivity contribution is 5.94. The number of carbonyl (C=O) groups is 2. The molecule has 2 N–H and O–H groups in total. The molecule has 1 aromatic carbocycles. The number of benzene rings is 1. The molecular weight excluding hydrogens is 332 g/mol. The minimum Gasteiger partial charge on any atom is -0.467 e. The number of piperidine rings is 1. The summed E-state index contributed by atoms with van der Waals surface area (Å²) in [5.41, 5.74) is 1.63. The summed E-state index contributed by atoms with van der Waals surface area (Å²) in [6.45, 7) is 1.49. The van der Waals surface area contributed by atoms with Gasteiger partial charge in [0.25, 0.3) is 5.91 Å². The molecule has 26 heavy (non-hydrogen) atoms. The van der Waals surface area contributed by atoms with Crippen molar-refractivity contribution in [3.63, 3.8) is 0 Å². The van der Waals surface area contributed by atoms with Crippen LogP contribution in [0.4, 0.5) is 0 Å². The molecular formula is C19H20N4O3. The zero-order valence-corrected chi connectivity index (χ0v) is 14.3. The molecule has 7 heteroatoms. The van der Waals surface area contributed by atoms with Gasteiger partial charge in [0.15, 0.2) is 5.82 Å². The zero-order chi connectivity index (χ0) is 17.9. The van der Waals surface area contributed by atoms with Crippen molar-refractivity contribution in [3.8, 4) is 0 Å². The van der Waals surface area contributed by atoms with Gasteiger partial charge in [0, 0.05) is 19.0 Å². The highest BCUT2D eigenvalue weighted by atomic mass is 16.3. The van der Waals surface area contributed by atoms with Gasteiger partial charge in [0.2, 0.25) is 5.91 Å². The largest absolute Gasteiger partial charge is 0.467 e. The smallest absolute Gasteiger partial charge is 0.289 e. The van der Waals surface area contributed by atoms with E-state index in [0.717, 1.165) is 16.8 Å². The van der Waals surface area contributed by atoms with Gasteiger partial charge in [-0.25, -0.2) is 4.98 Å². The summed E-state index contributed by atoms with van der Waals surface area (Å²) < 4.78 is 5.22. The SMILES string of the molecule is O=C(NCc1ccco1)C1CCN(C(=O)c2nc3ccccc3[nH]2)CC1. The summed E-state index contributed by atoms with van der Waals surface area (Å²) in [7, 11) is 0. The number of nitrogens with zero attached hydrogens (tertiary/aromatic N) is 2. The molecule has 3 aromatic rings. The molecule has 0 saturated carbocycles. The molecule has 0 bridgehead atoms. The van der Waals surface area contributed by atoms with Gasteiger partial charge in [-0.05, 0) is 37.1 Å². The number of carbonyl (C=O) groups excluding carboxylic acids is 2. The Bertz CT molecular complexity index is 875. The summed E-state index contributed by atoms with van der Waals surface area (Å²) in [5.74, 6) is 0.903. The van der Waals surface area contributed by atoms with Crippen molar-refractivity contribution in [1.82, 2.24) is 20.2 Å². The third-order valence-electron chi connectivity index (χ3n) is 4.76. The Morgan fingerprint density at radius 2 is 2.00 bits per heavy atom. The number of H-pyrrole nitrogens is 1. The fraction of sp³-hybridized carbons (Fsp3) is 0.316. The van der Waals surface area contributed by atoms with Gasteiger partial charge in [-0.1, -0.05) is 12.1 Å². The molecule has 134 valence electrons. The lowest BCUT2D eigenvalue weighted by Gasteiger charge is -2.30. The summed E-state index contributed by atoms with van der Waals surface area (Å²) in [5, 5.41) is 2.89. The molecule has 1 fully saturated rings. The maximum Gasteiger partial charge on any atom is 0.289 e. The topological polar surface area (TPSA) is 91.2 Å². The Labute approximate surface area is 150 Å². The van der Waals surface area contributed by atoms with Crippen molar-refractivity contribution >= 4 is 22.8 Å². The molecule has 3 heterocycles. The van der Waals surface area contributed by atoms with E-state index in [-0.39, 0.29) is 17.7 Å². The maximum absolute atomic E-state index is 12.6. The van der Waals surface area contributed by atoms with E-state index in [0.29, 0.717) is 38.3 Å². The van der Waals surface area contributed by atoms with Crippen molar-refractivity contribution in [3.05, 3.63) is 54.2 Å². The first kappa shape index (κ1) is 16.4. The molecule has 1 saturated heterocycles. The number of furan rings is 1. The molecule has 2 amide bonds. The number of hydrogen-bond donors (Lipinski definition) is 2. The van der Waals surface area contributed by atoms with Gasteiger partial charge in [-0.15, -0.1) is 0 Å². The molecule has 0 spiro atoms. The van der Waals surface area contributed by atoms with Crippen molar-refractivity contribution in [2.24, 2.45) is 5.92 Å². The van der Waals surface area contributed by atoms with E-state index in [1.807, 2.05) is 30.3 Å². The zero-order valence-electron chi connectivity index (χ0n) is 14.3. The average molecular weight is 352 g/mol. The molecule has 0 unspecified atom stereocenters. The number of para-hydroxylation sites is 2. The number of rotatable bonds is 4. The monoisotopic (exact) mass is 352 g/mol. The van der Waals surface area contributed by atoms with E-state index in [1.54, 1.807) is 17.2 Å². The number of aromatic nitrogens is 2. The van der Waals surface area contributed by atoms with Crippen molar-refractivity contribution in [2.45, 2.75) is 19.4 Å². The summed E-state index contributed by atoms with van der Waals surface area (Å²) in [6.07, 6.45) is 2.88. The Morgan fingerprint density at radius 1 is 1.19 bits per heavy atom. The van der Waals surface area contributed by atoms with Gasteiger partial charge in [0.05, 0.1) is 23.8 Å². The maximum atomic E-state index is 12.6. The van der Waals surface area contributed by atoms with E-state index in [1.165, 1.54) is 0 Å². The number of amides is 2. The molecule has 0 radical (unpaired) electrons. The van der Waals surface area contributed by atoms with Crippen LogP contribution in [0.5, 0.6) is 0 Å². The fourth-order valence-electron chi connectivity index (χ4n) is 3.28. The van der Waals surface area contributed by atoms with Crippen molar-refractivity contribution in [2.75, 3.05) is 13.1 Å². The molecule has 2 aromatic heterocycles. The lowest BCUT2D eigenvalue weighted by atomic mass is 9.96. The van der Waals surface area contributed by atoms with Gasteiger partial charge >= 0.3 is 0 Å². The molecule has 0 atom stereocenters. The second-order valence-electron chi connectivity index (χ2n) is 6.47. The first-order chi connectivity index (χ1) is 12.7. The lowest BCUT2D eigenvalue weighted by Crippen LogP contribution is -2.43. The number of imidazole rings is 1. The number of hydrogen-bond acceptors (Lipinski definition) is 4. The number of fused-ring (bicyclic) bond motifs is 1. The normalized spacial score (nSPS) is 15.3. The Hall–Kier alpha value is -3.09. The van der Waals surface area contributed by atoms with Crippen LogP contribution in [-0.2, 0) is 11.3 Å². The lowest BCUT2D eigenvalue weighted by molar-refractivity contribution is -0.126. The van der Waals surface area contributed by atoms with Gasteiger partial charge in [-0.2, -0.15) is 0 Å². The van der Waals surface area contributed by atoms with Gasteiger partial charge < -0.3 is 19.6 Å². The number of nitrogens with one attached hydrogen (secondary N) is 2. The average Bonchev–Trinajstić information content (AvgIpc) is 3.35. The highest BCUT2D eigenvalue weighted by Gasteiger charge is 2.29. The molecule has 4 rings (SSSR count). The van der Waals surface area contributed by atoms with Crippen LogP contribution in [0.25, 0.3) is 11.0 Å². The molecule has 1 aliphatic rings. The Kier molecular flexibility index (Phi) is 4.43. The van der Waals surface area contributed by atoms with Crippen LogP contribution in [-0.4, -0.2) is 39.8 Å². The van der Waals surface area contributed by atoms with Crippen LogP contribution in [0.1, 0.15) is 29.2 Å². The van der Waals surface area contributed by atoms with Crippen molar-refractivity contribution in [1.29, 1.82) is 0 Å². The quantitative estimate of drug-likeness (QED) is 0.754. The first-order valence-corrected chi connectivity index (χ1v) is 8.75. The third-order valence-corrected chi connectivity index (χ3v) is 4.76. The summed E-state index contributed by atoms with van der Waals surface area (Å²) in [4.78, 5) is 34.1. The predicted octanol–water partition coefficient (Wildman–Crippen LogP) is 2.32. The van der Waals surface area contributed by atoms with Crippen LogP contribution in [0, 0.1) is 5.92 Å². The van der Waals surface area contributed by atoms with Crippen LogP contribution < -0.4 is 5.32 Å². The van der Waals surface area contributed by atoms with E-state index in [9.17, 15) is 9.59 Å². The van der Waals surface area contributed by atoms with Crippen LogP contribution in [0.2, 0.25) is 0 Å². The summed E-state index contributed by atoms with van der Waals surface area (Å²) >= 11 is 0. The minimum atomic E-state index is -0.115. The van der Waals surface area contributed by atoms with Crippen LogP contribution in [0.15, 0.2) is 47.1 Å². The number of aromatic amines is 1. The number of likely N-dealkylation sites (tertiary alicyclic amines) is 1. The standard InChI is InChI=1S/C19H20N4O3/c24-18(20-12-14-4-3-11-26-14)13-7-9-23(10-8-13)19(25)17-21-15-5-1-2-6-16(15)22-17/h1-6,11,13H,7-10,12H2,(H,20,24)(H,21,22). The van der Waals surface area contributed by atoms with Crippen LogP contribution >= 0.6 is 0 Å². The van der Waals surface area contributed by atoms with Crippen LogP contribution in [0.3, 0.4) is 0 Å². The Balaban J connectivity index is 1.32. The second-order valence-corrected chi connectivity index (χ2v) is 6.47. The molecule has 7 nitrogen and oxygen atoms in total. The Morgan fingerprint density at radius 3 is 2.73 bits per heavy atom. The minimum absolute atomic E-state index is 0.0113. The predicted molar refractivity (Wildman–Crippen MR) is 95.3 cm³/mol. The fourth-order valence-corrected chi connectivity index (χ4v) is 3.28. The van der Waals surface area contributed by atoms with Gasteiger partial charge in [-0.3, -0.25) is 9.59 Å². The van der Waals surface area contributed by atoms with Gasteiger partial charge in [0.1, 0.15) is 5.76 Å². The highest BCUT2D eigenvalue weighted by Crippen LogP contribution is 2.20. The molecule has 0 aliphatic carbocycles. The van der Waals surface area contributed by atoms with E-state index < -0.39 is 0 Å². The van der Waals surface area contributed by atoms with E-state index in [2.05, 4.69) is 15.3 Å². The van der Waals surface area contributed by atoms with Crippen molar-refractivity contribution < 1.29 is 14.0 Å². The third kappa shape index (κ3) is 3.33. The second kappa shape index (κ2) is 7.03. The summed E-state index contributed by atoms with van der Waals surface area (Å²) in [6, 6.07) is 11.2. The molecule has 1 aliphatic heterocycles.